The summed E-state index contributed by atoms with van der Waals surface area (Å²) in [6, 6.07) is 19.2. The Morgan fingerprint density at radius 2 is 1.73 bits per heavy atom. The molecule has 0 radical (unpaired) electrons. The maximum atomic E-state index is 13.7. The van der Waals surface area contributed by atoms with Crippen LogP contribution in [-0.2, 0) is 0 Å². The zero-order valence-electron chi connectivity index (χ0n) is 17.8. The van der Waals surface area contributed by atoms with E-state index >= 15 is 0 Å². The normalized spacial score (nSPS) is 15.0. The second kappa shape index (κ2) is 10.4. The fraction of sp³-hybridized carbons (Fsp3) is 0.240. The van der Waals surface area contributed by atoms with E-state index in [1.165, 1.54) is 18.3 Å². The summed E-state index contributed by atoms with van der Waals surface area (Å²) in [4.78, 5) is 30.4. The van der Waals surface area contributed by atoms with Crippen molar-refractivity contribution in [3.63, 3.8) is 0 Å². The highest BCUT2D eigenvalue weighted by molar-refractivity contribution is 6.30. The van der Waals surface area contributed by atoms with E-state index in [4.69, 9.17) is 16.3 Å². The molecule has 1 aromatic heterocycles. The first-order chi connectivity index (χ1) is 16.0. The predicted molar refractivity (Wildman–Crippen MR) is 123 cm³/mol. The number of aromatic nitrogens is 1. The SMILES string of the molecule is O=C(NC(c1ccccc1)C1CCN(C(=O)Oc2cccnc2F)CC1)c1ccc(Cl)cc1. The molecule has 33 heavy (non-hydrogen) atoms. The molecule has 0 bridgehead atoms. The third-order valence-corrected chi connectivity index (χ3v) is 6.00. The molecule has 1 fully saturated rings. The van der Waals surface area contributed by atoms with Crippen LogP contribution in [0.5, 0.6) is 5.75 Å². The summed E-state index contributed by atoms with van der Waals surface area (Å²) in [7, 11) is 0. The number of likely N-dealkylation sites (tertiary alicyclic amines) is 1. The minimum atomic E-state index is -0.824. The van der Waals surface area contributed by atoms with Gasteiger partial charge in [0, 0.05) is 29.9 Å². The van der Waals surface area contributed by atoms with E-state index in [0.717, 1.165) is 5.56 Å². The quantitative estimate of drug-likeness (QED) is 0.520. The number of nitrogens with zero attached hydrogens (tertiary/aromatic N) is 2. The van der Waals surface area contributed by atoms with Gasteiger partial charge in [-0.1, -0.05) is 41.9 Å². The lowest BCUT2D eigenvalue weighted by Crippen LogP contribution is -2.44. The molecule has 0 spiro atoms. The summed E-state index contributed by atoms with van der Waals surface area (Å²) in [6.45, 7) is 0.872. The van der Waals surface area contributed by atoms with Crippen LogP contribution in [0.2, 0.25) is 5.02 Å². The second-order valence-corrected chi connectivity index (χ2v) is 8.29. The number of rotatable bonds is 5. The highest BCUT2D eigenvalue weighted by atomic mass is 35.5. The molecule has 2 amide bonds. The van der Waals surface area contributed by atoms with Gasteiger partial charge in [-0.25, -0.2) is 9.78 Å². The van der Waals surface area contributed by atoms with Crippen LogP contribution in [0.4, 0.5) is 9.18 Å². The monoisotopic (exact) mass is 467 g/mol. The maximum absolute atomic E-state index is 13.7. The van der Waals surface area contributed by atoms with E-state index in [-0.39, 0.29) is 23.6 Å². The predicted octanol–water partition coefficient (Wildman–Crippen LogP) is 5.26. The maximum Gasteiger partial charge on any atom is 0.415 e. The van der Waals surface area contributed by atoms with Gasteiger partial charge in [0.2, 0.25) is 0 Å². The molecule has 1 aliphatic heterocycles. The third-order valence-electron chi connectivity index (χ3n) is 5.74. The van der Waals surface area contributed by atoms with Crippen LogP contribution in [0.1, 0.15) is 34.8 Å². The molecular formula is C25H23ClFN3O3. The van der Waals surface area contributed by atoms with Gasteiger partial charge in [0.15, 0.2) is 5.75 Å². The molecule has 1 saturated heterocycles. The molecular weight excluding hydrogens is 445 g/mol. The Bertz CT molecular complexity index is 1100. The van der Waals surface area contributed by atoms with E-state index in [2.05, 4.69) is 10.3 Å². The number of hydrogen-bond acceptors (Lipinski definition) is 4. The lowest BCUT2D eigenvalue weighted by molar-refractivity contribution is 0.0884. The number of halogens is 2. The number of hydrogen-bond donors (Lipinski definition) is 1. The molecule has 1 atom stereocenters. The van der Waals surface area contributed by atoms with Gasteiger partial charge in [0.1, 0.15) is 0 Å². The Morgan fingerprint density at radius 3 is 2.39 bits per heavy atom. The first-order valence-corrected chi connectivity index (χ1v) is 11.1. The van der Waals surface area contributed by atoms with E-state index in [1.807, 2.05) is 30.3 Å². The summed E-state index contributed by atoms with van der Waals surface area (Å²) in [5.74, 6) is -1.09. The molecule has 170 valence electrons. The smallest absolute Gasteiger partial charge is 0.405 e. The lowest BCUT2D eigenvalue weighted by Gasteiger charge is -2.36. The van der Waals surface area contributed by atoms with E-state index < -0.39 is 12.0 Å². The van der Waals surface area contributed by atoms with Gasteiger partial charge in [-0.3, -0.25) is 4.79 Å². The molecule has 1 unspecified atom stereocenters. The van der Waals surface area contributed by atoms with Gasteiger partial charge < -0.3 is 15.0 Å². The first kappa shape index (κ1) is 22.7. The second-order valence-electron chi connectivity index (χ2n) is 7.85. The van der Waals surface area contributed by atoms with Crippen molar-refractivity contribution in [1.82, 2.24) is 15.2 Å². The van der Waals surface area contributed by atoms with Crippen molar-refractivity contribution in [2.24, 2.45) is 5.92 Å². The highest BCUT2D eigenvalue weighted by Crippen LogP contribution is 2.31. The summed E-state index contributed by atoms with van der Waals surface area (Å²) in [5.41, 5.74) is 1.53. The zero-order valence-corrected chi connectivity index (χ0v) is 18.5. The summed E-state index contributed by atoms with van der Waals surface area (Å²) < 4.78 is 18.9. The highest BCUT2D eigenvalue weighted by Gasteiger charge is 2.31. The Kier molecular flexibility index (Phi) is 7.19. The summed E-state index contributed by atoms with van der Waals surface area (Å²) >= 11 is 5.94. The van der Waals surface area contributed by atoms with Crippen LogP contribution < -0.4 is 10.1 Å². The Hall–Kier alpha value is -3.45. The van der Waals surface area contributed by atoms with Gasteiger partial charge in [0.25, 0.3) is 11.9 Å². The Morgan fingerprint density at radius 1 is 1.03 bits per heavy atom. The van der Waals surface area contributed by atoms with E-state index in [0.29, 0.717) is 36.5 Å². The fourth-order valence-electron chi connectivity index (χ4n) is 3.98. The van der Waals surface area contributed by atoms with Crippen molar-refractivity contribution < 1.29 is 18.7 Å². The number of amides is 2. The Balaban J connectivity index is 1.43. The molecule has 1 aliphatic rings. The average Bonchev–Trinajstić information content (AvgIpc) is 2.85. The topological polar surface area (TPSA) is 71.5 Å². The van der Waals surface area contributed by atoms with Crippen LogP contribution in [0.25, 0.3) is 0 Å². The van der Waals surface area contributed by atoms with Gasteiger partial charge >= 0.3 is 6.09 Å². The molecule has 2 heterocycles. The standard InChI is InChI=1S/C25H23ClFN3O3/c26-20-10-8-19(9-11-20)24(31)29-22(17-5-2-1-3-6-17)18-12-15-30(16-13-18)25(32)33-21-7-4-14-28-23(21)27/h1-11,14,18,22H,12-13,15-16H2,(H,29,31). The van der Waals surface area contributed by atoms with Crippen LogP contribution in [0, 0.1) is 11.9 Å². The van der Waals surface area contributed by atoms with Crippen molar-refractivity contribution in [1.29, 1.82) is 0 Å². The van der Waals surface area contributed by atoms with E-state index in [9.17, 15) is 14.0 Å². The van der Waals surface area contributed by atoms with E-state index in [1.54, 1.807) is 29.2 Å². The minimum absolute atomic E-state index is 0.114. The molecule has 3 aromatic rings. The van der Waals surface area contributed by atoms with Crippen molar-refractivity contribution >= 4 is 23.6 Å². The first-order valence-electron chi connectivity index (χ1n) is 10.7. The van der Waals surface area contributed by atoms with Crippen LogP contribution >= 0.6 is 11.6 Å². The molecule has 2 aromatic carbocycles. The zero-order chi connectivity index (χ0) is 23.2. The number of benzene rings is 2. The molecule has 6 nitrogen and oxygen atoms in total. The van der Waals surface area contributed by atoms with Crippen molar-refractivity contribution in [2.75, 3.05) is 13.1 Å². The van der Waals surface area contributed by atoms with Crippen molar-refractivity contribution in [2.45, 2.75) is 18.9 Å². The number of nitrogens with one attached hydrogen (secondary N) is 1. The van der Waals surface area contributed by atoms with Crippen LogP contribution in [-0.4, -0.2) is 35.0 Å². The largest absolute Gasteiger partial charge is 0.415 e. The number of ether oxygens (including phenoxy) is 1. The summed E-state index contributed by atoms with van der Waals surface area (Å²) in [6.07, 6.45) is 2.00. The molecule has 0 saturated carbocycles. The van der Waals surface area contributed by atoms with Crippen LogP contribution in [0.15, 0.2) is 72.9 Å². The number of pyridine rings is 1. The minimum Gasteiger partial charge on any atom is -0.405 e. The van der Waals surface area contributed by atoms with Crippen molar-refractivity contribution in [3.8, 4) is 5.75 Å². The fourth-order valence-corrected chi connectivity index (χ4v) is 4.11. The van der Waals surface area contributed by atoms with Crippen molar-refractivity contribution in [3.05, 3.63) is 95.0 Å². The van der Waals surface area contributed by atoms with Gasteiger partial charge in [-0.15, -0.1) is 0 Å². The molecule has 8 heteroatoms. The van der Waals surface area contributed by atoms with Crippen LogP contribution in [0.3, 0.4) is 0 Å². The average molecular weight is 468 g/mol. The number of carbonyl (C=O) groups excluding carboxylic acids is 2. The number of carbonyl (C=O) groups is 2. The molecule has 0 aliphatic carbocycles. The van der Waals surface area contributed by atoms with Gasteiger partial charge in [0.05, 0.1) is 6.04 Å². The number of piperidine rings is 1. The van der Waals surface area contributed by atoms with Gasteiger partial charge in [-0.2, -0.15) is 4.39 Å². The van der Waals surface area contributed by atoms with Gasteiger partial charge in [-0.05, 0) is 60.7 Å². The Labute approximate surface area is 196 Å². The lowest BCUT2D eigenvalue weighted by atomic mass is 9.85. The molecule has 1 N–H and O–H groups in total. The third kappa shape index (κ3) is 5.68. The summed E-state index contributed by atoms with van der Waals surface area (Å²) in [5, 5.41) is 3.72. The molecule has 4 rings (SSSR count).